The van der Waals surface area contributed by atoms with Gasteiger partial charge < -0.3 is 0 Å². The molecule has 12 heteroatoms. The lowest BCUT2D eigenvalue weighted by atomic mass is 9.97. The number of alkyl halides is 6. The minimum atomic E-state index is -5.02. The molecule has 0 aliphatic carbocycles. The number of carbonyl (C=O) groups excluding carboxylic acids is 1. The fourth-order valence-electron chi connectivity index (χ4n) is 4.93. The first-order valence-electron chi connectivity index (χ1n) is 11.4. The minimum absolute atomic E-state index is 0.0127. The van der Waals surface area contributed by atoms with Gasteiger partial charge in [0.25, 0.3) is 5.91 Å². The van der Waals surface area contributed by atoms with E-state index in [4.69, 9.17) is 0 Å². The number of piperazine rings is 1. The number of hydrazine groups is 1. The van der Waals surface area contributed by atoms with Gasteiger partial charge in [0.15, 0.2) is 0 Å². The summed E-state index contributed by atoms with van der Waals surface area (Å²) in [5.74, 6) is -1.17. The Kier molecular flexibility index (Phi) is 7.20. The molecule has 5 nitrogen and oxygen atoms in total. The van der Waals surface area contributed by atoms with Crippen LogP contribution in [0.2, 0.25) is 0 Å². The van der Waals surface area contributed by atoms with Crippen LogP contribution in [0.15, 0.2) is 36.4 Å². The molecule has 2 fully saturated rings. The smallest absolute Gasteiger partial charge is 0.299 e. The van der Waals surface area contributed by atoms with Crippen LogP contribution in [0.3, 0.4) is 0 Å². The molecule has 0 radical (unpaired) electrons. The maximum atomic E-state index is 13.8. The van der Waals surface area contributed by atoms with E-state index in [0.29, 0.717) is 42.9 Å². The summed E-state index contributed by atoms with van der Waals surface area (Å²) >= 11 is 0. The van der Waals surface area contributed by atoms with Crippen molar-refractivity contribution in [1.29, 1.82) is 0 Å². The molecule has 2 aliphatic heterocycles. The van der Waals surface area contributed by atoms with Crippen molar-refractivity contribution < 1.29 is 35.5 Å². The van der Waals surface area contributed by atoms with E-state index >= 15 is 0 Å². The summed E-state index contributed by atoms with van der Waals surface area (Å²) in [7, 11) is 0. The van der Waals surface area contributed by atoms with Gasteiger partial charge >= 0.3 is 12.4 Å². The van der Waals surface area contributed by atoms with Gasteiger partial charge in [0.05, 0.1) is 16.8 Å². The van der Waals surface area contributed by atoms with Crippen molar-refractivity contribution in [3.63, 3.8) is 0 Å². The number of amides is 1. The first-order chi connectivity index (χ1) is 16.8. The van der Waals surface area contributed by atoms with Crippen LogP contribution < -0.4 is 10.9 Å². The van der Waals surface area contributed by atoms with Gasteiger partial charge in [-0.25, -0.2) is 4.39 Å². The maximum Gasteiger partial charge on any atom is 0.416 e. The summed E-state index contributed by atoms with van der Waals surface area (Å²) in [6.45, 7) is 4.39. The molecule has 2 atom stereocenters. The van der Waals surface area contributed by atoms with E-state index in [0.717, 1.165) is 19.4 Å². The van der Waals surface area contributed by atoms with E-state index < -0.39 is 46.9 Å². The average Bonchev–Trinajstić information content (AvgIpc) is 3.26. The van der Waals surface area contributed by atoms with Crippen molar-refractivity contribution in [3.8, 4) is 0 Å². The summed E-state index contributed by atoms with van der Waals surface area (Å²) in [6, 6.07) is 4.27. The summed E-state index contributed by atoms with van der Waals surface area (Å²) < 4.78 is 92.9. The highest BCUT2D eigenvalue weighted by Gasteiger charge is 2.39. The fraction of sp³-hybridized carbons (Fsp3) is 0.458. The molecule has 2 saturated heterocycles. The zero-order valence-electron chi connectivity index (χ0n) is 19.3. The first kappa shape index (κ1) is 26.2. The molecule has 0 spiro atoms. The summed E-state index contributed by atoms with van der Waals surface area (Å²) in [6.07, 6.45) is -8.05. The van der Waals surface area contributed by atoms with E-state index in [-0.39, 0.29) is 12.1 Å². The van der Waals surface area contributed by atoms with Crippen molar-refractivity contribution in [2.75, 3.05) is 31.6 Å². The van der Waals surface area contributed by atoms with E-state index in [2.05, 4.69) is 15.8 Å². The largest absolute Gasteiger partial charge is 0.416 e. The van der Waals surface area contributed by atoms with Crippen LogP contribution in [0.4, 0.5) is 36.4 Å². The Labute approximate surface area is 203 Å². The number of hydrogen-bond donors (Lipinski definition) is 2. The van der Waals surface area contributed by atoms with E-state index in [1.165, 1.54) is 18.2 Å². The second kappa shape index (κ2) is 9.89. The van der Waals surface area contributed by atoms with E-state index in [1.807, 2.05) is 4.90 Å². The van der Waals surface area contributed by atoms with Crippen molar-refractivity contribution >= 4 is 11.6 Å². The molecule has 1 unspecified atom stereocenters. The number of carbonyl (C=O) groups is 1. The number of benzene rings is 2. The molecule has 0 saturated carbocycles. The van der Waals surface area contributed by atoms with Gasteiger partial charge in [-0.15, -0.1) is 0 Å². The number of fused-ring (bicyclic) bond motifs is 1. The van der Waals surface area contributed by atoms with Crippen LogP contribution in [0.5, 0.6) is 0 Å². The number of anilines is 1. The zero-order valence-corrected chi connectivity index (χ0v) is 19.3. The molecular weight excluding hydrogens is 493 g/mol. The number of hydrogen-bond acceptors (Lipinski definition) is 4. The molecule has 196 valence electrons. The maximum absolute atomic E-state index is 13.8. The van der Waals surface area contributed by atoms with Crippen LogP contribution in [0.25, 0.3) is 0 Å². The van der Waals surface area contributed by atoms with Gasteiger partial charge in [-0.3, -0.25) is 25.4 Å². The third kappa shape index (κ3) is 5.75. The van der Waals surface area contributed by atoms with Crippen LogP contribution in [-0.2, 0) is 17.1 Å². The van der Waals surface area contributed by atoms with Gasteiger partial charge in [0.2, 0.25) is 0 Å². The normalized spacial score (nSPS) is 20.2. The molecule has 2 aromatic carbocycles. The summed E-state index contributed by atoms with van der Waals surface area (Å²) in [5.41, 5.74) is 1.94. The first-order valence-corrected chi connectivity index (χ1v) is 11.4. The predicted molar refractivity (Wildman–Crippen MR) is 118 cm³/mol. The van der Waals surface area contributed by atoms with Gasteiger partial charge in [-0.1, -0.05) is 6.07 Å². The van der Waals surface area contributed by atoms with Gasteiger partial charge in [0, 0.05) is 25.7 Å². The average molecular weight is 518 g/mol. The molecule has 2 aliphatic rings. The van der Waals surface area contributed by atoms with Gasteiger partial charge in [-0.05, 0) is 67.8 Å². The zero-order chi connectivity index (χ0) is 26.3. The van der Waals surface area contributed by atoms with Crippen molar-refractivity contribution in [2.24, 2.45) is 0 Å². The highest BCUT2D eigenvalue weighted by molar-refractivity contribution is 5.84. The second-order valence-corrected chi connectivity index (χ2v) is 9.14. The molecule has 2 heterocycles. The highest BCUT2D eigenvalue weighted by Crippen LogP contribution is 2.37. The number of rotatable bonds is 5. The number of halogens is 7. The Balaban J connectivity index is 1.60. The molecule has 36 heavy (non-hydrogen) atoms. The lowest BCUT2D eigenvalue weighted by Gasteiger charge is -2.41. The minimum Gasteiger partial charge on any atom is -0.299 e. The third-order valence-electron chi connectivity index (χ3n) is 6.68. The lowest BCUT2D eigenvalue weighted by molar-refractivity contribution is -0.143. The lowest BCUT2D eigenvalue weighted by Crippen LogP contribution is -2.54. The predicted octanol–water partition coefficient (Wildman–Crippen LogP) is 5.14. The Bertz CT molecular complexity index is 1090. The SMILES string of the molecule is Cc1cc(F)ccc1C(C(=O)NNc1cc(C(F)(F)F)cc(C(F)(F)F)c1)N1CCN2CCC[C@@H]2C1. The molecule has 4 rings (SSSR count). The Morgan fingerprint density at radius 3 is 2.25 bits per heavy atom. The molecule has 1 amide bonds. The van der Waals surface area contributed by atoms with Gasteiger partial charge in [0.1, 0.15) is 11.9 Å². The third-order valence-corrected chi connectivity index (χ3v) is 6.68. The Morgan fingerprint density at radius 1 is 0.972 bits per heavy atom. The van der Waals surface area contributed by atoms with E-state index in [9.17, 15) is 35.5 Å². The van der Waals surface area contributed by atoms with Crippen molar-refractivity contribution in [3.05, 3.63) is 64.5 Å². The van der Waals surface area contributed by atoms with Crippen LogP contribution >= 0.6 is 0 Å². The molecule has 2 N–H and O–H groups in total. The molecular formula is C24H25F7N4O. The highest BCUT2D eigenvalue weighted by atomic mass is 19.4. The second-order valence-electron chi connectivity index (χ2n) is 9.14. The molecule has 2 aromatic rings. The van der Waals surface area contributed by atoms with Crippen LogP contribution in [0.1, 0.15) is 41.1 Å². The summed E-state index contributed by atoms with van der Waals surface area (Å²) in [5, 5.41) is 0. The fourth-order valence-corrected chi connectivity index (χ4v) is 4.93. The number of nitrogens with one attached hydrogen (secondary N) is 2. The monoisotopic (exact) mass is 518 g/mol. The van der Waals surface area contributed by atoms with Crippen LogP contribution in [0, 0.1) is 12.7 Å². The summed E-state index contributed by atoms with van der Waals surface area (Å²) in [4.78, 5) is 17.6. The quantitative estimate of drug-likeness (QED) is 0.426. The topological polar surface area (TPSA) is 47.6 Å². The number of nitrogens with zero attached hydrogens (tertiary/aromatic N) is 2. The van der Waals surface area contributed by atoms with Gasteiger partial charge in [-0.2, -0.15) is 26.3 Å². The number of aryl methyl sites for hydroxylation is 1. The standard InChI is InChI=1S/C24H25F7N4O/c1-14-9-17(25)4-5-20(14)21(35-8-7-34-6-2-3-19(34)13-35)22(36)33-32-18-11-15(23(26,27)28)10-16(12-18)24(29,30)31/h4-5,9-12,19,21,32H,2-3,6-8,13H2,1H3,(H,33,36)/t19-,21?/m1/s1. The Morgan fingerprint density at radius 2 is 1.64 bits per heavy atom. The molecule has 0 aromatic heterocycles. The molecule has 0 bridgehead atoms. The Hall–Kier alpha value is -2.86. The van der Waals surface area contributed by atoms with Crippen LogP contribution in [-0.4, -0.2) is 47.9 Å². The van der Waals surface area contributed by atoms with Crippen molar-refractivity contribution in [2.45, 2.75) is 44.2 Å². The van der Waals surface area contributed by atoms with E-state index in [1.54, 1.807) is 6.92 Å². The van der Waals surface area contributed by atoms with Crippen molar-refractivity contribution in [1.82, 2.24) is 15.2 Å².